The zero-order valence-electron chi connectivity index (χ0n) is 13.3. The van der Waals surface area contributed by atoms with Crippen molar-refractivity contribution in [3.8, 4) is 0 Å². The summed E-state index contributed by atoms with van der Waals surface area (Å²) in [7, 11) is 0. The maximum atomic E-state index is 12.5. The fraction of sp³-hybridized carbons (Fsp3) is 0.938. The van der Waals surface area contributed by atoms with E-state index in [9.17, 15) is 9.90 Å². The second-order valence-electron chi connectivity index (χ2n) is 7.45. The molecule has 0 spiro atoms. The Hall–Kier alpha value is -0.610. The quantitative estimate of drug-likeness (QED) is 0.807. The van der Waals surface area contributed by atoms with Crippen molar-refractivity contribution in [2.24, 2.45) is 11.3 Å². The van der Waals surface area contributed by atoms with Crippen LogP contribution in [0.1, 0.15) is 46.5 Å². The van der Waals surface area contributed by atoms with Crippen molar-refractivity contribution >= 4 is 5.91 Å². The molecule has 2 aliphatic rings. The highest BCUT2D eigenvalue weighted by molar-refractivity contribution is 5.79. The summed E-state index contributed by atoms with van der Waals surface area (Å²) in [5.41, 5.74) is -0.0268. The topological polar surface area (TPSA) is 43.8 Å². The Bertz CT molecular complexity index is 341. The molecule has 2 rings (SSSR count). The Morgan fingerprint density at radius 3 is 2.70 bits per heavy atom. The molecule has 116 valence electrons. The first kappa shape index (κ1) is 15.8. The van der Waals surface area contributed by atoms with Crippen molar-refractivity contribution in [1.82, 2.24) is 9.80 Å². The van der Waals surface area contributed by atoms with E-state index in [0.29, 0.717) is 18.5 Å². The van der Waals surface area contributed by atoms with E-state index in [1.165, 1.54) is 12.8 Å². The Morgan fingerprint density at radius 2 is 2.15 bits per heavy atom. The molecule has 1 heterocycles. The summed E-state index contributed by atoms with van der Waals surface area (Å²) in [6.07, 6.45) is 4.49. The predicted octanol–water partition coefficient (Wildman–Crippen LogP) is 1.73. The standard InChI is InChI=1S/C16H30N2O2/c1-13(2)9-18(14-5-6-14)15(20)10-17-8-4-7-16(3,11-17)12-19/h13-14,19H,4-12H2,1-3H3. The summed E-state index contributed by atoms with van der Waals surface area (Å²) in [5.74, 6) is 0.812. The van der Waals surface area contributed by atoms with Gasteiger partial charge in [0.2, 0.25) is 5.91 Å². The van der Waals surface area contributed by atoms with Crippen molar-refractivity contribution in [2.75, 3.05) is 32.8 Å². The van der Waals surface area contributed by atoms with Crippen molar-refractivity contribution in [3.63, 3.8) is 0 Å². The molecule has 1 N–H and O–H groups in total. The SMILES string of the molecule is CC(C)CN(C(=O)CN1CCCC(C)(CO)C1)C1CC1. The van der Waals surface area contributed by atoms with Gasteiger partial charge in [-0.3, -0.25) is 9.69 Å². The molecule has 0 radical (unpaired) electrons. The van der Waals surface area contributed by atoms with Crippen LogP contribution in [0, 0.1) is 11.3 Å². The normalized spacial score (nSPS) is 27.9. The lowest BCUT2D eigenvalue weighted by atomic mass is 9.83. The lowest BCUT2D eigenvalue weighted by Gasteiger charge is -2.39. The minimum atomic E-state index is -0.0268. The predicted molar refractivity (Wildman–Crippen MR) is 80.4 cm³/mol. The summed E-state index contributed by atoms with van der Waals surface area (Å²) in [6, 6.07) is 0.499. The molecule has 0 aromatic heterocycles. The summed E-state index contributed by atoms with van der Waals surface area (Å²) in [4.78, 5) is 16.9. The molecule has 4 heteroatoms. The number of carbonyl (C=O) groups is 1. The zero-order valence-corrected chi connectivity index (χ0v) is 13.3. The molecule has 2 fully saturated rings. The minimum absolute atomic E-state index is 0.0268. The van der Waals surface area contributed by atoms with Crippen LogP contribution < -0.4 is 0 Å². The molecular formula is C16H30N2O2. The highest BCUT2D eigenvalue weighted by Gasteiger charge is 2.35. The van der Waals surface area contributed by atoms with Gasteiger partial charge in [-0.1, -0.05) is 20.8 Å². The summed E-state index contributed by atoms with van der Waals surface area (Å²) in [5, 5.41) is 9.51. The van der Waals surface area contributed by atoms with E-state index in [1.54, 1.807) is 0 Å². The highest BCUT2D eigenvalue weighted by Crippen LogP contribution is 2.30. The number of amides is 1. The van der Waals surface area contributed by atoms with Crippen LogP contribution in [0.4, 0.5) is 0 Å². The van der Waals surface area contributed by atoms with Crippen LogP contribution in [-0.4, -0.2) is 59.6 Å². The van der Waals surface area contributed by atoms with Gasteiger partial charge >= 0.3 is 0 Å². The fourth-order valence-corrected chi connectivity index (χ4v) is 3.21. The maximum Gasteiger partial charge on any atom is 0.237 e. The average Bonchev–Trinajstić information content (AvgIpc) is 3.20. The van der Waals surface area contributed by atoms with Gasteiger partial charge in [-0.25, -0.2) is 0 Å². The van der Waals surface area contributed by atoms with E-state index in [0.717, 1.165) is 32.5 Å². The van der Waals surface area contributed by atoms with Crippen LogP contribution in [-0.2, 0) is 4.79 Å². The number of hydrogen-bond acceptors (Lipinski definition) is 3. The van der Waals surface area contributed by atoms with Crippen molar-refractivity contribution in [1.29, 1.82) is 0 Å². The van der Waals surface area contributed by atoms with E-state index >= 15 is 0 Å². The van der Waals surface area contributed by atoms with Crippen molar-refractivity contribution < 1.29 is 9.90 Å². The van der Waals surface area contributed by atoms with Crippen LogP contribution in [0.25, 0.3) is 0 Å². The van der Waals surface area contributed by atoms with Crippen LogP contribution in [0.15, 0.2) is 0 Å². The van der Waals surface area contributed by atoms with E-state index in [1.807, 2.05) is 0 Å². The first-order valence-electron chi connectivity index (χ1n) is 8.06. The first-order valence-corrected chi connectivity index (χ1v) is 8.06. The van der Waals surface area contributed by atoms with Crippen molar-refractivity contribution in [2.45, 2.75) is 52.5 Å². The average molecular weight is 282 g/mol. The third-order valence-electron chi connectivity index (χ3n) is 4.47. The molecule has 1 unspecified atom stereocenters. The van der Waals surface area contributed by atoms with Gasteiger partial charge < -0.3 is 10.0 Å². The van der Waals surface area contributed by atoms with Gasteiger partial charge in [-0.2, -0.15) is 0 Å². The molecule has 0 aromatic rings. The van der Waals surface area contributed by atoms with Crippen molar-refractivity contribution in [3.05, 3.63) is 0 Å². The molecule has 20 heavy (non-hydrogen) atoms. The highest BCUT2D eigenvalue weighted by atomic mass is 16.3. The van der Waals surface area contributed by atoms with Gasteiger partial charge in [0.15, 0.2) is 0 Å². The minimum Gasteiger partial charge on any atom is -0.396 e. The van der Waals surface area contributed by atoms with Crippen LogP contribution in [0.5, 0.6) is 0 Å². The molecule has 0 aromatic carbocycles. The number of aliphatic hydroxyl groups excluding tert-OH is 1. The summed E-state index contributed by atoms with van der Waals surface area (Å²) in [6.45, 7) is 9.93. The monoisotopic (exact) mass is 282 g/mol. The zero-order chi connectivity index (χ0) is 14.8. The number of nitrogens with zero attached hydrogens (tertiary/aromatic N) is 2. The van der Waals surface area contributed by atoms with E-state index in [-0.39, 0.29) is 17.9 Å². The Kier molecular flexibility index (Phi) is 5.08. The van der Waals surface area contributed by atoms with Gasteiger partial charge in [0.05, 0.1) is 6.54 Å². The second-order valence-corrected chi connectivity index (χ2v) is 7.45. The van der Waals surface area contributed by atoms with E-state index in [4.69, 9.17) is 0 Å². The van der Waals surface area contributed by atoms with E-state index < -0.39 is 0 Å². The van der Waals surface area contributed by atoms with Gasteiger partial charge in [-0.15, -0.1) is 0 Å². The first-order chi connectivity index (χ1) is 9.43. The number of likely N-dealkylation sites (tertiary alicyclic amines) is 1. The molecule has 1 aliphatic carbocycles. The van der Waals surface area contributed by atoms with Gasteiger partial charge in [0, 0.05) is 31.2 Å². The lowest BCUT2D eigenvalue weighted by molar-refractivity contribution is -0.134. The molecular weight excluding hydrogens is 252 g/mol. The maximum absolute atomic E-state index is 12.5. The number of piperidine rings is 1. The smallest absolute Gasteiger partial charge is 0.237 e. The molecule has 4 nitrogen and oxygen atoms in total. The lowest BCUT2D eigenvalue weighted by Crippen LogP contribution is -2.49. The van der Waals surface area contributed by atoms with Crippen LogP contribution in [0.3, 0.4) is 0 Å². The van der Waals surface area contributed by atoms with Crippen LogP contribution in [0.2, 0.25) is 0 Å². The van der Waals surface area contributed by atoms with Crippen LogP contribution >= 0.6 is 0 Å². The molecule has 1 saturated heterocycles. The Labute approximate surface area is 123 Å². The molecule has 1 amide bonds. The number of carbonyl (C=O) groups excluding carboxylic acids is 1. The molecule has 1 aliphatic heterocycles. The second kappa shape index (κ2) is 6.44. The number of rotatable bonds is 6. The molecule has 1 saturated carbocycles. The van der Waals surface area contributed by atoms with Gasteiger partial charge in [-0.05, 0) is 38.1 Å². The number of hydrogen-bond donors (Lipinski definition) is 1. The largest absolute Gasteiger partial charge is 0.396 e. The van der Waals surface area contributed by atoms with E-state index in [2.05, 4.69) is 30.6 Å². The fourth-order valence-electron chi connectivity index (χ4n) is 3.21. The third kappa shape index (κ3) is 4.19. The van der Waals surface area contributed by atoms with Gasteiger partial charge in [0.1, 0.15) is 0 Å². The summed E-state index contributed by atoms with van der Waals surface area (Å²) >= 11 is 0. The van der Waals surface area contributed by atoms with Gasteiger partial charge in [0.25, 0.3) is 0 Å². The molecule has 0 bridgehead atoms. The third-order valence-corrected chi connectivity index (χ3v) is 4.47. The molecule has 1 atom stereocenters. The Balaban J connectivity index is 1.89. The Morgan fingerprint density at radius 1 is 1.45 bits per heavy atom. The summed E-state index contributed by atoms with van der Waals surface area (Å²) < 4.78 is 0. The number of aliphatic hydroxyl groups is 1.